The molecule has 0 N–H and O–H groups in total. The molecule has 0 saturated carbocycles. The Morgan fingerprint density at radius 3 is 1.44 bits per heavy atom. The van der Waals surface area contributed by atoms with Gasteiger partial charge in [-0.2, -0.15) is 0 Å². The SMILES string of the molecule is c1ccc2cc3c(cc2c1)c1ccccc1n3-c1cc(-c2nc(-c3cc4ccccc4c4ccccc34)nc(-c3cc4ccccc4c4ccccc34)n2)cc2oc3ccccc3c12. The molecule has 296 valence electrons. The molecule has 11 aromatic carbocycles. The number of hydrogen-bond donors (Lipinski definition) is 0. The lowest BCUT2D eigenvalue weighted by Crippen LogP contribution is -2.02. The number of hydrogen-bond acceptors (Lipinski definition) is 4. The van der Waals surface area contributed by atoms with E-state index < -0.39 is 0 Å². The van der Waals surface area contributed by atoms with Gasteiger partial charge in [-0.3, -0.25) is 0 Å². The summed E-state index contributed by atoms with van der Waals surface area (Å²) in [4.78, 5) is 16.4. The summed E-state index contributed by atoms with van der Waals surface area (Å²) < 4.78 is 9.21. The third-order valence-electron chi connectivity index (χ3n) is 13.2. The predicted octanol–water partition coefficient (Wildman–Crippen LogP) is 15.6. The molecule has 5 nitrogen and oxygen atoms in total. The lowest BCUT2D eigenvalue weighted by molar-refractivity contribution is 0.669. The van der Waals surface area contributed by atoms with E-state index in [1.165, 1.54) is 32.3 Å². The molecule has 3 heterocycles. The van der Waals surface area contributed by atoms with Crippen molar-refractivity contribution in [2.45, 2.75) is 0 Å². The number of benzene rings is 11. The maximum Gasteiger partial charge on any atom is 0.164 e. The van der Waals surface area contributed by atoms with Crippen molar-refractivity contribution in [1.82, 2.24) is 19.5 Å². The fourth-order valence-electron chi connectivity index (χ4n) is 10.3. The molecule has 0 amide bonds. The van der Waals surface area contributed by atoms with Gasteiger partial charge in [0.05, 0.1) is 22.1 Å². The Bertz CT molecular complexity index is 4140. The van der Waals surface area contributed by atoms with Crippen molar-refractivity contribution < 1.29 is 4.42 Å². The Morgan fingerprint density at radius 2 is 0.797 bits per heavy atom. The summed E-state index contributed by atoms with van der Waals surface area (Å²) in [5.74, 6) is 1.77. The fourth-order valence-corrected chi connectivity index (χ4v) is 10.3. The molecule has 0 atom stereocenters. The molecule has 14 aromatic rings. The van der Waals surface area contributed by atoms with Crippen molar-refractivity contribution in [1.29, 1.82) is 0 Å². The molecule has 64 heavy (non-hydrogen) atoms. The third kappa shape index (κ3) is 5.15. The first-order valence-corrected chi connectivity index (χ1v) is 21.7. The maximum absolute atomic E-state index is 6.80. The van der Waals surface area contributed by atoms with Crippen LogP contribution in [0.1, 0.15) is 0 Å². The third-order valence-corrected chi connectivity index (χ3v) is 13.2. The van der Waals surface area contributed by atoms with Crippen LogP contribution in [0.15, 0.2) is 211 Å². The molecule has 5 heteroatoms. The Labute approximate surface area is 366 Å². The van der Waals surface area contributed by atoms with Gasteiger partial charge in [-0.25, -0.2) is 15.0 Å². The van der Waals surface area contributed by atoms with E-state index in [1.54, 1.807) is 0 Å². The Morgan fingerprint density at radius 1 is 0.312 bits per heavy atom. The first-order valence-electron chi connectivity index (χ1n) is 21.7. The van der Waals surface area contributed by atoms with Gasteiger partial charge in [0.25, 0.3) is 0 Å². The van der Waals surface area contributed by atoms with Gasteiger partial charge in [0, 0.05) is 32.8 Å². The van der Waals surface area contributed by atoms with E-state index in [-0.39, 0.29) is 0 Å². The molecule has 0 saturated heterocycles. The molecule has 0 unspecified atom stereocenters. The van der Waals surface area contributed by atoms with Crippen LogP contribution in [0, 0.1) is 0 Å². The van der Waals surface area contributed by atoms with Crippen molar-refractivity contribution in [3.63, 3.8) is 0 Å². The van der Waals surface area contributed by atoms with Gasteiger partial charge in [0.15, 0.2) is 17.5 Å². The number of rotatable bonds is 4. The first-order chi connectivity index (χ1) is 31.7. The predicted molar refractivity (Wildman–Crippen MR) is 265 cm³/mol. The molecule has 0 aliphatic heterocycles. The summed E-state index contributed by atoms with van der Waals surface area (Å²) in [7, 11) is 0. The van der Waals surface area contributed by atoms with Crippen LogP contribution in [0.25, 0.3) is 137 Å². The molecule has 0 aliphatic rings. The van der Waals surface area contributed by atoms with Gasteiger partial charge in [-0.1, -0.05) is 158 Å². The van der Waals surface area contributed by atoms with E-state index in [2.05, 4.69) is 199 Å². The van der Waals surface area contributed by atoms with Crippen LogP contribution < -0.4 is 0 Å². The van der Waals surface area contributed by atoms with E-state index in [0.29, 0.717) is 17.5 Å². The zero-order valence-electron chi connectivity index (χ0n) is 34.3. The zero-order valence-corrected chi connectivity index (χ0v) is 34.3. The van der Waals surface area contributed by atoms with E-state index >= 15 is 0 Å². The highest BCUT2D eigenvalue weighted by molar-refractivity contribution is 6.18. The van der Waals surface area contributed by atoms with Crippen LogP contribution in [0.2, 0.25) is 0 Å². The largest absolute Gasteiger partial charge is 0.456 e. The lowest BCUT2D eigenvalue weighted by atomic mass is 9.96. The summed E-state index contributed by atoms with van der Waals surface area (Å²) in [6.45, 7) is 0. The number of aromatic nitrogens is 4. The summed E-state index contributed by atoms with van der Waals surface area (Å²) in [6.07, 6.45) is 0. The van der Waals surface area contributed by atoms with Crippen LogP contribution in [0.3, 0.4) is 0 Å². The van der Waals surface area contributed by atoms with Crippen LogP contribution >= 0.6 is 0 Å². The van der Waals surface area contributed by atoms with Gasteiger partial charge in [-0.15, -0.1) is 0 Å². The molecular weight excluding hydrogens is 781 g/mol. The minimum atomic E-state index is 0.560. The maximum atomic E-state index is 6.80. The average Bonchev–Trinajstić information content (AvgIpc) is 3.90. The summed E-state index contributed by atoms with van der Waals surface area (Å²) >= 11 is 0. The van der Waals surface area contributed by atoms with Crippen LogP contribution in [0.4, 0.5) is 0 Å². The Balaban J connectivity index is 1.11. The lowest BCUT2D eigenvalue weighted by Gasteiger charge is -2.15. The number of para-hydroxylation sites is 2. The molecule has 14 rings (SSSR count). The molecule has 0 bridgehead atoms. The first kappa shape index (κ1) is 35.0. The second kappa shape index (κ2) is 13.4. The highest BCUT2D eigenvalue weighted by Crippen LogP contribution is 2.43. The van der Waals surface area contributed by atoms with Crippen molar-refractivity contribution in [3.05, 3.63) is 206 Å². The quantitative estimate of drug-likeness (QED) is 0.166. The van der Waals surface area contributed by atoms with Gasteiger partial charge in [0.2, 0.25) is 0 Å². The summed E-state index contributed by atoms with van der Waals surface area (Å²) in [6, 6.07) is 73.3. The van der Waals surface area contributed by atoms with E-state index in [0.717, 1.165) is 87.7 Å². The van der Waals surface area contributed by atoms with Crippen LogP contribution in [0.5, 0.6) is 0 Å². The topological polar surface area (TPSA) is 56.7 Å². The molecule has 0 fully saturated rings. The van der Waals surface area contributed by atoms with E-state index in [9.17, 15) is 0 Å². The summed E-state index contributed by atoms with van der Waals surface area (Å²) in [5, 5.41) is 15.9. The number of nitrogens with zero attached hydrogens (tertiary/aromatic N) is 4. The van der Waals surface area contributed by atoms with E-state index in [1.807, 2.05) is 12.1 Å². The van der Waals surface area contributed by atoms with Crippen molar-refractivity contribution in [3.8, 4) is 39.9 Å². The fraction of sp³-hybridized carbons (Fsp3) is 0. The van der Waals surface area contributed by atoms with E-state index in [4.69, 9.17) is 19.4 Å². The molecular formula is C59H34N4O. The van der Waals surface area contributed by atoms with Crippen molar-refractivity contribution in [2.75, 3.05) is 0 Å². The molecule has 0 radical (unpaired) electrons. The molecule has 3 aromatic heterocycles. The smallest absolute Gasteiger partial charge is 0.164 e. The van der Waals surface area contributed by atoms with Crippen LogP contribution in [-0.2, 0) is 0 Å². The Kier molecular flexibility index (Phi) is 7.33. The Hall–Kier alpha value is -8.67. The average molecular weight is 815 g/mol. The minimum absolute atomic E-state index is 0.560. The standard InChI is InChI=1S/C59H34N4O/c1-2-16-36-32-52-48(29-35(36)15-1)46-25-11-13-27-51(46)63(52)53-33-39(34-55-56(53)47-26-12-14-28-54(47)64-55)57-60-58(49-30-37-17-3-5-19-40(37)42-21-7-9-23-44(42)49)62-59(61-57)50-31-38-18-4-6-20-41(38)43-22-8-10-24-45(43)50/h1-34H. The second-order valence-electron chi connectivity index (χ2n) is 16.7. The van der Waals surface area contributed by atoms with Crippen molar-refractivity contribution >= 4 is 97.6 Å². The monoisotopic (exact) mass is 814 g/mol. The minimum Gasteiger partial charge on any atom is -0.456 e. The highest BCUT2D eigenvalue weighted by atomic mass is 16.3. The molecule has 0 spiro atoms. The van der Waals surface area contributed by atoms with Crippen molar-refractivity contribution in [2.24, 2.45) is 0 Å². The molecule has 0 aliphatic carbocycles. The second-order valence-corrected chi connectivity index (χ2v) is 16.7. The zero-order chi connectivity index (χ0) is 41.9. The van der Waals surface area contributed by atoms with Gasteiger partial charge < -0.3 is 8.98 Å². The normalized spacial score (nSPS) is 12.1. The summed E-state index contributed by atoms with van der Waals surface area (Å²) in [5.41, 5.74) is 7.53. The van der Waals surface area contributed by atoms with Gasteiger partial charge >= 0.3 is 0 Å². The highest BCUT2D eigenvalue weighted by Gasteiger charge is 2.23. The number of fused-ring (bicyclic) bond motifs is 13. The van der Waals surface area contributed by atoms with Gasteiger partial charge in [0.1, 0.15) is 11.2 Å². The van der Waals surface area contributed by atoms with Crippen LogP contribution in [-0.4, -0.2) is 19.5 Å². The number of furan rings is 1. The van der Waals surface area contributed by atoms with Gasteiger partial charge in [-0.05, 0) is 102 Å².